The molecule has 5 rings (SSSR count). The molecule has 1 saturated heterocycles. The second kappa shape index (κ2) is 11.6. The summed E-state index contributed by atoms with van der Waals surface area (Å²) in [5.74, 6) is -1.22. The molecule has 1 atom stereocenters. The third-order valence-corrected chi connectivity index (χ3v) is 6.59. The van der Waals surface area contributed by atoms with Crippen LogP contribution in [0.15, 0.2) is 78.9 Å². The molecular weight excluding hydrogens is 488 g/mol. The third-order valence-electron chi connectivity index (χ3n) is 6.59. The van der Waals surface area contributed by atoms with E-state index >= 15 is 0 Å². The fourth-order valence-corrected chi connectivity index (χ4v) is 4.65. The molecule has 1 aliphatic heterocycles. The van der Waals surface area contributed by atoms with Gasteiger partial charge >= 0.3 is 0 Å². The first kappa shape index (κ1) is 25.6. The summed E-state index contributed by atoms with van der Waals surface area (Å²) in [7, 11) is 0. The Morgan fingerprint density at radius 1 is 1.03 bits per heavy atom. The second-order valence-corrected chi connectivity index (χ2v) is 9.16. The maximum Gasteiger partial charge on any atom is 0.257 e. The number of ether oxygens (including phenoxy) is 2. The van der Waals surface area contributed by atoms with Crippen molar-refractivity contribution in [3.8, 4) is 17.3 Å². The van der Waals surface area contributed by atoms with Crippen LogP contribution in [0.1, 0.15) is 41.4 Å². The van der Waals surface area contributed by atoms with E-state index < -0.39 is 17.5 Å². The second-order valence-electron chi connectivity index (χ2n) is 9.16. The van der Waals surface area contributed by atoms with Crippen molar-refractivity contribution < 1.29 is 23.0 Å². The number of hydrogen-bond acceptors (Lipinski definition) is 4. The van der Waals surface area contributed by atoms with E-state index in [1.165, 1.54) is 18.2 Å². The zero-order chi connectivity index (χ0) is 26.5. The maximum atomic E-state index is 14.7. The van der Waals surface area contributed by atoms with Gasteiger partial charge in [-0.15, -0.1) is 0 Å². The molecule has 0 N–H and O–H groups in total. The molecule has 0 unspecified atom stereocenters. The average Bonchev–Trinajstić information content (AvgIpc) is 3.58. The highest BCUT2D eigenvalue weighted by Gasteiger charge is 2.29. The lowest BCUT2D eigenvalue weighted by atomic mass is 10.1. The lowest BCUT2D eigenvalue weighted by Crippen LogP contribution is -2.37. The Hall–Kier alpha value is -4.04. The van der Waals surface area contributed by atoms with Crippen molar-refractivity contribution in [3.63, 3.8) is 0 Å². The van der Waals surface area contributed by atoms with E-state index in [-0.39, 0.29) is 30.5 Å². The van der Waals surface area contributed by atoms with Crippen molar-refractivity contribution in [2.24, 2.45) is 0 Å². The number of aromatic nitrogens is 2. The Balaban J connectivity index is 1.60. The molecule has 0 bridgehead atoms. The van der Waals surface area contributed by atoms with Crippen LogP contribution in [0.3, 0.4) is 0 Å². The Morgan fingerprint density at radius 2 is 1.74 bits per heavy atom. The molecule has 0 saturated carbocycles. The standard InChI is InChI=1S/C30H29F2N3O3/c1-2-27-24(20-34(19-22-13-10-18-37-22)29(36)23-14-6-7-15-25(23)31)30(38-28-17-9-8-16-26(28)32)35(33-27)21-11-4-3-5-12-21/h3-9,11-12,14-17,22H,2,10,13,18-20H2,1H3/t22-/m0/s1. The highest BCUT2D eigenvalue weighted by Crippen LogP contribution is 2.34. The number of carbonyl (C=O) groups excluding carboxylic acids is 1. The molecular formula is C30H29F2N3O3. The van der Waals surface area contributed by atoms with Gasteiger partial charge in [0.2, 0.25) is 5.88 Å². The summed E-state index contributed by atoms with van der Waals surface area (Å²) in [5.41, 5.74) is 2.03. The van der Waals surface area contributed by atoms with Crippen LogP contribution in [-0.4, -0.2) is 39.8 Å². The number of aryl methyl sites for hydroxylation is 1. The van der Waals surface area contributed by atoms with Gasteiger partial charge in [-0.05, 0) is 55.7 Å². The van der Waals surface area contributed by atoms with Gasteiger partial charge in [-0.25, -0.2) is 13.5 Å². The van der Waals surface area contributed by atoms with E-state index in [0.29, 0.717) is 30.2 Å². The average molecular weight is 518 g/mol. The fraction of sp³-hybridized carbons (Fsp3) is 0.267. The van der Waals surface area contributed by atoms with E-state index in [1.54, 1.807) is 39.9 Å². The number of rotatable bonds is 9. The predicted molar refractivity (Wildman–Crippen MR) is 140 cm³/mol. The summed E-state index contributed by atoms with van der Waals surface area (Å²) >= 11 is 0. The minimum Gasteiger partial charge on any atom is -0.435 e. The summed E-state index contributed by atoms with van der Waals surface area (Å²) in [6.07, 6.45) is 2.10. The maximum absolute atomic E-state index is 14.7. The van der Waals surface area contributed by atoms with Gasteiger partial charge in [-0.1, -0.05) is 49.4 Å². The van der Waals surface area contributed by atoms with Gasteiger partial charge in [0, 0.05) is 13.2 Å². The van der Waals surface area contributed by atoms with Crippen LogP contribution in [0.4, 0.5) is 8.78 Å². The molecule has 0 spiro atoms. The first-order valence-corrected chi connectivity index (χ1v) is 12.8. The molecule has 4 aromatic rings. The van der Waals surface area contributed by atoms with Crippen LogP contribution in [0.25, 0.3) is 5.69 Å². The first-order valence-electron chi connectivity index (χ1n) is 12.8. The molecule has 8 heteroatoms. The van der Waals surface area contributed by atoms with Crippen molar-refractivity contribution in [2.75, 3.05) is 13.2 Å². The lowest BCUT2D eigenvalue weighted by molar-refractivity contribution is 0.0502. The van der Waals surface area contributed by atoms with Gasteiger partial charge < -0.3 is 14.4 Å². The summed E-state index contributed by atoms with van der Waals surface area (Å²) in [6, 6.07) is 21.5. The normalized spacial score (nSPS) is 15.0. The van der Waals surface area contributed by atoms with E-state index in [1.807, 2.05) is 37.3 Å². The van der Waals surface area contributed by atoms with Crippen molar-refractivity contribution >= 4 is 5.91 Å². The number of nitrogens with zero attached hydrogens (tertiary/aromatic N) is 3. The molecule has 0 radical (unpaired) electrons. The lowest BCUT2D eigenvalue weighted by Gasteiger charge is -2.26. The quantitative estimate of drug-likeness (QED) is 0.261. The third kappa shape index (κ3) is 5.45. The summed E-state index contributed by atoms with van der Waals surface area (Å²) in [6.45, 7) is 2.95. The number of para-hydroxylation sites is 2. The van der Waals surface area contributed by atoms with Crippen LogP contribution in [0, 0.1) is 11.6 Å². The van der Waals surface area contributed by atoms with E-state index in [4.69, 9.17) is 14.6 Å². The molecule has 1 fully saturated rings. The van der Waals surface area contributed by atoms with E-state index in [9.17, 15) is 13.6 Å². The van der Waals surface area contributed by atoms with E-state index in [2.05, 4.69) is 0 Å². The number of amides is 1. The van der Waals surface area contributed by atoms with Gasteiger partial charge in [0.15, 0.2) is 11.6 Å². The summed E-state index contributed by atoms with van der Waals surface area (Å²) < 4.78 is 43.0. The Bertz CT molecular complexity index is 1400. The van der Waals surface area contributed by atoms with Crippen molar-refractivity contribution in [1.82, 2.24) is 14.7 Å². The molecule has 196 valence electrons. The van der Waals surface area contributed by atoms with Crippen molar-refractivity contribution in [2.45, 2.75) is 38.8 Å². The monoisotopic (exact) mass is 517 g/mol. The molecule has 1 amide bonds. The van der Waals surface area contributed by atoms with E-state index in [0.717, 1.165) is 18.5 Å². The molecule has 1 aromatic heterocycles. The topological polar surface area (TPSA) is 56.6 Å². The Morgan fingerprint density at radius 3 is 2.42 bits per heavy atom. The number of benzene rings is 3. The number of hydrogen-bond donors (Lipinski definition) is 0. The van der Waals surface area contributed by atoms with Gasteiger partial charge in [-0.3, -0.25) is 4.79 Å². The molecule has 6 nitrogen and oxygen atoms in total. The largest absolute Gasteiger partial charge is 0.435 e. The molecule has 2 heterocycles. The van der Waals surface area contributed by atoms with Crippen LogP contribution < -0.4 is 4.74 Å². The molecule has 0 aliphatic carbocycles. The highest BCUT2D eigenvalue weighted by molar-refractivity contribution is 5.94. The van der Waals surface area contributed by atoms with Crippen LogP contribution in [-0.2, 0) is 17.7 Å². The van der Waals surface area contributed by atoms with Gasteiger partial charge in [-0.2, -0.15) is 5.10 Å². The van der Waals surface area contributed by atoms with Crippen molar-refractivity contribution in [1.29, 1.82) is 0 Å². The van der Waals surface area contributed by atoms with Gasteiger partial charge in [0.1, 0.15) is 5.82 Å². The number of carbonyl (C=O) groups is 1. The Kier molecular flexibility index (Phi) is 7.79. The van der Waals surface area contributed by atoms with Crippen LogP contribution in [0.2, 0.25) is 0 Å². The van der Waals surface area contributed by atoms with Gasteiger partial charge in [0.25, 0.3) is 5.91 Å². The smallest absolute Gasteiger partial charge is 0.257 e. The molecule has 38 heavy (non-hydrogen) atoms. The number of halogens is 2. The molecule has 3 aromatic carbocycles. The zero-order valence-corrected chi connectivity index (χ0v) is 21.1. The Labute approximate surface area is 220 Å². The minimum atomic E-state index is -0.589. The SMILES string of the molecule is CCc1nn(-c2ccccc2)c(Oc2ccccc2F)c1CN(C[C@@H]1CCCO1)C(=O)c1ccccc1F. The fourth-order valence-electron chi connectivity index (χ4n) is 4.65. The molecule has 1 aliphatic rings. The minimum absolute atomic E-state index is 0.0180. The highest BCUT2D eigenvalue weighted by atomic mass is 19.1. The summed E-state index contributed by atoms with van der Waals surface area (Å²) in [5, 5.41) is 4.79. The van der Waals surface area contributed by atoms with Crippen LogP contribution in [0.5, 0.6) is 11.6 Å². The predicted octanol–water partition coefficient (Wildman–Crippen LogP) is 6.33. The summed E-state index contributed by atoms with van der Waals surface area (Å²) in [4.78, 5) is 15.2. The zero-order valence-electron chi connectivity index (χ0n) is 21.1. The van der Waals surface area contributed by atoms with Crippen molar-refractivity contribution in [3.05, 3.63) is 107 Å². The first-order chi connectivity index (χ1) is 18.5. The van der Waals surface area contributed by atoms with Crippen LogP contribution >= 0.6 is 0 Å². The van der Waals surface area contributed by atoms with Gasteiger partial charge in [0.05, 0.1) is 35.2 Å².